The first-order chi connectivity index (χ1) is 14.3. The monoisotopic (exact) mass is 447 g/mol. The predicted octanol–water partition coefficient (Wildman–Crippen LogP) is 4.60. The highest BCUT2D eigenvalue weighted by molar-refractivity contribution is 7.98. The van der Waals surface area contributed by atoms with Crippen molar-refractivity contribution in [3.63, 3.8) is 0 Å². The number of amides is 1. The van der Waals surface area contributed by atoms with Crippen LogP contribution < -0.4 is 19.8 Å². The van der Waals surface area contributed by atoms with Crippen molar-refractivity contribution in [1.82, 2.24) is 9.62 Å². The van der Waals surface area contributed by atoms with Crippen molar-refractivity contribution in [1.29, 1.82) is 0 Å². The zero-order chi connectivity index (χ0) is 21.8. The number of carbonyl (C=O) groups excluding carboxylic acids is 1. The van der Waals surface area contributed by atoms with Crippen LogP contribution in [-0.4, -0.2) is 32.1 Å². The fourth-order valence-corrected chi connectivity index (χ4v) is 3.47. The summed E-state index contributed by atoms with van der Waals surface area (Å²) in [5.74, 6) is 0.138. The molecule has 0 saturated heterocycles. The lowest BCUT2D eigenvalue weighted by molar-refractivity contribution is 0.172. The molecule has 0 unspecified atom stereocenters. The molecule has 0 atom stereocenters. The Hall–Kier alpha value is -2.68. The van der Waals surface area contributed by atoms with Gasteiger partial charge in [0.2, 0.25) is 0 Å². The minimum Gasteiger partial charge on any atom is -0.422 e. The Morgan fingerprint density at radius 2 is 2.03 bits per heavy atom. The quantitative estimate of drug-likeness (QED) is 0.422. The maximum absolute atomic E-state index is 12.7. The lowest BCUT2D eigenvalue weighted by Gasteiger charge is -2.13. The van der Waals surface area contributed by atoms with Crippen molar-refractivity contribution < 1.29 is 13.9 Å². The Morgan fingerprint density at radius 1 is 1.27 bits per heavy atom. The molecule has 3 aromatic rings. The lowest BCUT2D eigenvalue weighted by Crippen LogP contribution is -2.25. The second-order valence-electron chi connectivity index (χ2n) is 6.82. The number of hydrogen-bond acceptors (Lipinski definition) is 7. The Balaban J connectivity index is 1.97. The third-order valence-electron chi connectivity index (χ3n) is 4.48. The van der Waals surface area contributed by atoms with Crippen molar-refractivity contribution in [2.24, 2.45) is 0 Å². The fraction of sp³-hybridized carbons (Fsp3) is 0.238. The van der Waals surface area contributed by atoms with Crippen LogP contribution in [0.5, 0.6) is 5.75 Å². The van der Waals surface area contributed by atoms with Crippen LogP contribution in [0.4, 0.5) is 10.5 Å². The van der Waals surface area contributed by atoms with Gasteiger partial charge in [0.1, 0.15) is 5.58 Å². The molecule has 7 nitrogen and oxygen atoms in total. The minimum absolute atomic E-state index is 0.138. The van der Waals surface area contributed by atoms with Gasteiger partial charge in [-0.1, -0.05) is 23.7 Å². The lowest BCUT2D eigenvalue weighted by atomic mass is 9.99. The highest BCUT2D eigenvalue weighted by Gasteiger charge is 2.17. The summed E-state index contributed by atoms with van der Waals surface area (Å²) in [6.45, 7) is 1.86. The number of ether oxygens (including phenoxy) is 1. The van der Waals surface area contributed by atoms with E-state index >= 15 is 0 Å². The SMILES string of the molecule is CNSNc1cccc(Cc2c(C)c3cc(Cl)c(OC(=O)N(C)C)cc3oc2=O)c1. The van der Waals surface area contributed by atoms with Gasteiger partial charge >= 0.3 is 11.7 Å². The Kier molecular flexibility index (Phi) is 6.91. The molecule has 9 heteroatoms. The Bertz CT molecular complexity index is 1150. The van der Waals surface area contributed by atoms with Gasteiger partial charge in [0.05, 0.1) is 5.02 Å². The summed E-state index contributed by atoms with van der Waals surface area (Å²) in [7, 11) is 4.95. The second kappa shape index (κ2) is 9.42. The molecule has 1 amide bonds. The van der Waals surface area contributed by atoms with Gasteiger partial charge in [-0.15, -0.1) is 0 Å². The molecule has 0 aliphatic carbocycles. The van der Waals surface area contributed by atoms with E-state index in [-0.39, 0.29) is 10.8 Å². The van der Waals surface area contributed by atoms with E-state index in [0.29, 0.717) is 23.0 Å². The van der Waals surface area contributed by atoms with Crippen LogP contribution in [-0.2, 0) is 6.42 Å². The molecular formula is C21H22ClN3O4S. The van der Waals surface area contributed by atoms with Crippen LogP contribution in [0.1, 0.15) is 16.7 Å². The number of anilines is 1. The molecule has 0 radical (unpaired) electrons. The molecule has 30 heavy (non-hydrogen) atoms. The van der Waals surface area contributed by atoms with Gasteiger partial charge in [-0.2, -0.15) is 0 Å². The van der Waals surface area contributed by atoms with E-state index in [1.165, 1.54) is 23.1 Å². The first-order valence-corrected chi connectivity index (χ1v) is 10.3. The number of carbonyl (C=O) groups is 1. The predicted molar refractivity (Wildman–Crippen MR) is 121 cm³/mol. The number of rotatable bonds is 6. The van der Waals surface area contributed by atoms with E-state index in [4.69, 9.17) is 20.8 Å². The molecule has 0 fully saturated rings. The standard InChI is InChI=1S/C21H22ClN3O4S/c1-12-15-10-17(22)19(29-21(27)25(3)4)11-18(15)28-20(26)16(12)9-13-6-5-7-14(8-13)24-30-23-2/h5-8,10-11,23-24H,9H2,1-4H3. The first kappa shape index (κ1) is 22.0. The average molecular weight is 448 g/mol. The van der Waals surface area contributed by atoms with Crippen LogP contribution in [0.2, 0.25) is 5.02 Å². The van der Waals surface area contributed by atoms with Gasteiger partial charge in [0, 0.05) is 55.4 Å². The third-order valence-corrected chi connectivity index (χ3v) is 5.32. The van der Waals surface area contributed by atoms with Gasteiger partial charge in [0.25, 0.3) is 0 Å². The molecule has 0 aliphatic heterocycles. The van der Waals surface area contributed by atoms with Gasteiger partial charge in [-0.05, 0) is 43.3 Å². The average Bonchev–Trinajstić information content (AvgIpc) is 2.71. The van der Waals surface area contributed by atoms with E-state index in [1.807, 2.05) is 38.2 Å². The molecule has 0 aliphatic rings. The van der Waals surface area contributed by atoms with Gasteiger partial charge in [-0.3, -0.25) is 0 Å². The van der Waals surface area contributed by atoms with Gasteiger partial charge < -0.3 is 18.8 Å². The van der Waals surface area contributed by atoms with Crippen molar-refractivity contribution in [2.75, 3.05) is 25.9 Å². The van der Waals surface area contributed by atoms with Crippen LogP contribution in [0.25, 0.3) is 11.0 Å². The molecule has 1 aromatic heterocycles. The van der Waals surface area contributed by atoms with Crippen molar-refractivity contribution >= 4 is 46.5 Å². The largest absolute Gasteiger partial charge is 0.422 e. The van der Waals surface area contributed by atoms with Gasteiger partial charge in [0.15, 0.2) is 5.75 Å². The number of fused-ring (bicyclic) bond motifs is 1. The number of hydrogen-bond donors (Lipinski definition) is 2. The molecule has 0 spiro atoms. The summed E-state index contributed by atoms with van der Waals surface area (Å²) in [6, 6.07) is 10.9. The maximum Gasteiger partial charge on any atom is 0.414 e. The van der Waals surface area contributed by atoms with Crippen molar-refractivity contribution in [3.05, 3.63) is 68.5 Å². The molecule has 2 aromatic carbocycles. The summed E-state index contributed by atoms with van der Waals surface area (Å²) in [5, 5.41) is 0.954. The number of nitrogens with zero attached hydrogens (tertiary/aromatic N) is 1. The summed E-state index contributed by atoms with van der Waals surface area (Å²) < 4.78 is 16.9. The molecule has 1 heterocycles. The van der Waals surface area contributed by atoms with Crippen LogP contribution in [0.15, 0.2) is 45.6 Å². The zero-order valence-electron chi connectivity index (χ0n) is 17.0. The van der Waals surface area contributed by atoms with Crippen molar-refractivity contribution in [3.8, 4) is 5.75 Å². The van der Waals surface area contributed by atoms with E-state index in [1.54, 1.807) is 20.2 Å². The Morgan fingerprint density at radius 3 is 2.73 bits per heavy atom. The summed E-state index contributed by atoms with van der Waals surface area (Å²) in [4.78, 5) is 25.8. The minimum atomic E-state index is -0.572. The van der Waals surface area contributed by atoms with Crippen molar-refractivity contribution in [2.45, 2.75) is 13.3 Å². The molecule has 2 N–H and O–H groups in total. The third kappa shape index (κ3) is 4.89. The first-order valence-electron chi connectivity index (χ1n) is 9.12. The normalized spacial score (nSPS) is 10.8. The molecule has 0 saturated carbocycles. The summed E-state index contributed by atoms with van der Waals surface area (Å²) in [5.41, 5.74) is 3.09. The Labute approximate surface area is 183 Å². The number of nitrogens with one attached hydrogen (secondary N) is 2. The summed E-state index contributed by atoms with van der Waals surface area (Å²) in [6.07, 6.45) is -0.157. The second-order valence-corrected chi connectivity index (χ2v) is 8.04. The topological polar surface area (TPSA) is 83.8 Å². The molecule has 0 bridgehead atoms. The maximum atomic E-state index is 12.7. The molecular weight excluding hydrogens is 426 g/mol. The fourth-order valence-electron chi connectivity index (χ4n) is 2.92. The van der Waals surface area contributed by atoms with Crippen LogP contribution in [0, 0.1) is 6.92 Å². The highest BCUT2D eigenvalue weighted by Crippen LogP contribution is 2.32. The van der Waals surface area contributed by atoms with Crippen LogP contribution in [0.3, 0.4) is 0 Å². The van der Waals surface area contributed by atoms with E-state index in [2.05, 4.69) is 9.44 Å². The molecule has 158 valence electrons. The smallest absolute Gasteiger partial charge is 0.414 e. The van der Waals surface area contributed by atoms with E-state index < -0.39 is 11.7 Å². The van der Waals surface area contributed by atoms with E-state index in [0.717, 1.165) is 16.8 Å². The molecule has 3 rings (SSSR count). The van der Waals surface area contributed by atoms with Gasteiger partial charge in [-0.25, -0.2) is 14.3 Å². The zero-order valence-corrected chi connectivity index (χ0v) is 18.6. The number of benzene rings is 2. The summed E-state index contributed by atoms with van der Waals surface area (Å²) >= 11 is 7.67. The highest BCUT2D eigenvalue weighted by atomic mass is 35.5. The number of aryl methyl sites for hydroxylation is 1. The van der Waals surface area contributed by atoms with Crippen LogP contribution >= 0.6 is 23.7 Å². The number of halogens is 1. The van der Waals surface area contributed by atoms with E-state index in [9.17, 15) is 9.59 Å².